The number of rotatable bonds is 6. The van der Waals surface area contributed by atoms with E-state index in [1.165, 1.54) is 0 Å². The summed E-state index contributed by atoms with van der Waals surface area (Å²) in [4.78, 5) is 29.2. The topological polar surface area (TPSA) is 49.4 Å². The molecule has 5 heteroatoms. The molecule has 136 valence electrons. The average Bonchev–Trinajstić information content (AvgIpc) is 3.15. The van der Waals surface area contributed by atoms with Crippen LogP contribution in [-0.2, 0) is 4.79 Å². The summed E-state index contributed by atoms with van der Waals surface area (Å²) in [5.41, 5.74) is 1.43. The van der Waals surface area contributed by atoms with Crippen molar-refractivity contribution in [2.75, 3.05) is 13.1 Å². The molecule has 2 aromatic rings. The van der Waals surface area contributed by atoms with Crippen LogP contribution in [0.1, 0.15) is 46.6 Å². The van der Waals surface area contributed by atoms with Crippen molar-refractivity contribution in [3.63, 3.8) is 0 Å². The second-order valence-corrected chi connectivity index (χ2v) is 7.89. The van der Waals surface area contributed by atoms with Crippen molar-refractivity contribution >= 4 is 23.2 Å². The Morgan fingerprint density at radius 2 is 2.08 bits per heavy atom. The number of hydrogen-bond acceptors (Lipinski definition) is 3. The molecule has 0 spiro atoms. The van der Waals surface area contributed by atoms with E-state index >= 15 is 0 Å². The molecule has 0 saturated heterocycles. The number of benzene rings is 1. The molecule has 0 aliphatic carbocycles. The molecule has 1 aromatic carbocycles. The predicted octanol–water partition coefficient (Wildman–Crippen LogP) is 3.99. The second kappa shape index (κ2) is 7.87. The van der Waals surface area contributed by atoms with Crippen molar-refractivity contribution in [1.29, 1.82) is 0 Å². The van der Waals surface area contributed by atoms with Gasteiger partial charge in [0.15, 0.2) is 0 Å². The van der Waals surface area contributed by atoms with Crippen LogP contribution in [0.25, 0.3) is 0 Å². The van der Waals surface area contributed by atoms with Crippen LogP contribution < -0.4 is 5.32 Å². The molecule has 0 unspecified atom stereocenters. The van der Waals surface area contributed by atoms with Crippen LogP contribution in [0.15, 0.2) is 54.4 Å². The molecule has 0 radical (unpaired) electrons. The lowest BCUT2D eigenvalue weighted by Gasteiger charge is -2.42. The molecular weight excluding hydrogens is 344 g/mol. The van der Waals surface area contributed by atoms with E-state index in [1.807, 2.05) is 46.7 Å². The molecule has 1 aliphatic rings. The normalized spacial score (nSPS) is 19.3. The number of hydrogen-bond donors (Lipinski definition) is 1. The first-order valence-corrected chi connectivity index (χ1v) is 9.74. The number of carbonyl (C=O) groups is 2. The lowest BCUT2D eigenvalue weighted by atomic mass is 9.81. The standard InChI is InChI=1S/C21H24N2O2S/c1-4-11-22-20(24)18-15-8-5-6-9-16(15)21(25)23(13-14(2)3)19(18)17-10-7-12-26-17/h4-10,12,14,18-19H,1,11,13H2,2-3H3,(H,22,24)/t18-,19-/m1/s1. The van der Waals surface area contributed by atoms with E-state index in [1.54, 1.807) is 17.4 Å². The summed E-state index contributed by atoms with van der Waals surface area (Å²) in [5, 5.41) is 4.93. The minimum atomic E-state index is -0.429. The highest BCUT2D eigenvalue weighted by atomic mass is 32.1. The Kier molecular flexibility index (Phi) is 5.57. The summed E-state index contributed by atoms with van der Waals surface area (Å²) in [5.74, 6) is -0.192. The van der Waals surface area contributed by atoms with Crippen LogP contribution in [0.5, 0.6) is 0 Å². The molecule has 3 rings (SSSR count). The Labute approximate surface area is 158 Å². The minimum absolute atomic E-state index is 0.000436. The van der Waals surface area contributed by atoms with E-state index in [0.717, 1.165) is 10.4 Å². The zero-order chi connectivity index (χ0) is 18.7. The highest BCUT2D eigenvalue weighted by molar-refractivity contribution is 7.10. The highest BCUT2D eigenvalue weighted by Crippen LogP contribution is 2.44. The number of fused-ring (bicyclic) bond motifs is 1. The van der Waals surface area contributed by atoms with Crippen LogP contribution in [0.2, 0.25) is 0 Å². The molecule has 2 amide bonds. The van der Waals surface area contributed by atoms with E-state index in [2.05, 4.69) is 25.7 Å². The van der Waals surface area contributed by atoms with Gasteiger partial charge in [-0.05, 0) is 29.0 Å². The summed E-state index contributed by atoms with van der Waals surface area (Å²) in [6.07, 6.45) is 1.67. The Morgan fingerprint density at radius 1 is 1.31 bits per heavy atom. The van der Waals surface area contributed by atoms with Gasteiger partial charge in [0.05, 0.1) is 12.0 Å². The third kappa shape index (κ3) is 3.44. The molecular formula is C21H24N2O2S. The second-order valence-electron chi connectivity index (χ2n) is 6.91. The number of nitrogens with zero attached hydrogens (tertiary/aromatic N) is 1. The van der Waals surface area contributed by atoms with Crippen LogP contribution in [0.3, 0.4) is 0 Å². The van der Waals surface area contributed by atoms with Gasteiger partial charge < -0.3 is 10.2 Å². The van der Waals surface area contributed by atoms with Crippen LogP contribution in [0, 0.1) is 5.92 Å². The quantitative estimate of drug-likeness (QED) is 0.784. The molecule has 1 aromatic heterocycles. The van der Waals surface area contributed by atoms with E-state index < -0.39 is 5.92 Å². The molecule has 2 atom stereocenters. The van der Waals surface area contributed by atoms with Gasteiger partial charge in [-0.3, -0.25) is 9.59 Å². The maximum Gasteiger partial charge on any atom is 0.254 e. The van der Waals surface area contributed by atoms with Gasteiger partial charge in [0.2, 0.25) is 5.91 Å². The predicted molar refractivity (Wildman–Crippen MR) is 105 cm³/mol. The lowest BCUT2D eigenvalue weighted by molar-refractivity contribution is -0.124. The summed E-state index contributed by atoms with van der Waals surface area (Å²) >= 11 is 1.59. The number of carbonyl (C=O) groups excluding carboxylic acids is 2. The van der Waals surface area contributed by atoms with Gasteiger partial charge in [0, 0.05) is 23.5 Å². The first kappa shape index (κ1) is 18.4. The molecule has 1 N–H and O–H groups in total. The van der Waals surface area contributed by atoms with Crippen molar-refractivity contribution in [2.24, 2.45) is 5.92 Å². The molecule has 0 fully saturated rings. The van der Waals surface area contributed by atoms with E-state index in [-0.39, 0.29) is 17.9 Å². The summed E-state index contributed by atoms with van der Waals surface area (Å²) in [6, 6.07) is 11.2. The smallest absolute Gasteiger partial charge is 0.254 e. The molecule has 0 bridgehead atoms. The van der Waals surface area contributed by atoms with Gasteiger partial charge in [-0.25, -0.2) is 0 Å². The van der Waals surface area contributed by atoms with Crippen LogP contribution >= 0.6 is 11.3 Å². The fraction of sp³-hybridized carbons (Fsp3) is 0.333. The number of amides is 2. The molecule has 4 nitrogen and oxygen atoms in total. The molecule has 2 heterocycles. The maximum atomic E-state index is 13.2. The zero-order valence-electron chi connectivity index (χ0n) is 15.1. The third-order valence-corrected chi connectivity index (χ3v) is 5.48. The van der Waals surface area contributed by atoms with Crippen molar-refractivity contribution < 1.29 is 9.59 Å². The van der Waals surface area contributed by atoms with E-state index in [0.29, 0.717) is 24.6 Å². The van der Waals surface area contributed by atoms with Crippen LogP contribution in [-0.4, -0.2) is 29.8 Å². The first-order valence-electron chi connectivity index (χ1n) is 8.86. The van der Waals surface area contributed by atoms with Gasteiger partial charge in [-0.2, -0.15) is 0 Å². The average molecular weight is 369 g/mol. The van der Waals surface area contributed by atoms with Crippen molar-refractivity contribution in [1.82, 2.24) is 10.2 Å². The van der Waals surface area contributed by atoms with Gasteiger partial charge in [-0.15, -0.1) is 17.9 Å². The zero-order valence-corrected chi connectivity index (χ0v) is 16.0. The Morgan fingerprint density at radius 3 is 2.73 bits per heavy atom. The first-order chi connectivity index (χ1) is 12.5. The summed E-state index contributed by atoms with van der Waals surface area (Å²) in [7, 11) is 0. The minimum Gasteiger partial charge on any atom is -0.352 e. The Balaban J connectivity index is 2.14. The van der Waals surface area contributed by atoms with Crippen molar-refractivity contribution in [3.8, 4) is 0 Å². The van der Waals surface area contributed by atoms with Gasteiger partial charge in [0.1, 0.15) is 0 Å². The maximum absolute atomic E-state index is 13.2. The SMILES string of the molecule is C=CCNC(=O)[C@@H]1c2ccccc2C(=O)N(CC(C)C)[C@@H]1c1cccs1. The number of nitrogens with one attached hydrogen (secondary N) is 1. The largest absolute Gasteiger partial charge is 0.352 e. The third-order valence-electron chi connectivity index (χ3n) is 4.54. The fourth-order valence-electron chi connectivity index (χ4n) is 3.53. The summed E-state index contributed by atoms with van der Waals surface area (Å²) < 4.78 is 0. The molecule has 0 saturated carbocycles. The van der Waals surface area contributed by atoms with Crippen LogP contribution in [0.4, 0.5) is 0 Å². The number of thiophene rings is 1. The van der Waals surface area contributed by atoms with Gasteiger partial charge >= 0.3 is 0 Å². The lowest BCUT2D eigenvalue weighted by Crippen LogP contribution is -2.48. The van der Waals surface area contributed by atoms with Gasteiger partial charge in [-0.1, -0.05) is 44.2 Å². The highest BCUT2D eigenvalue weighted by Gasteiger charge is 2.44. The Hall–Kier alpha value is -2.40. The van der Waals surface area contributed by atoms with Crippen molar-refractivity contribution in [2.45, 2.75) is 25.8 Å². The molecule has 26 heavy (non-hydrogen) atoms. The van der Waals surface area contributed by atoms with E-state index in [4.69, 9.17) is 0 Å². The van der Waals surface area contributed by atoms with Gasteiger partial charge in [0.25, 0.3) is 5.91 Å². The van der Waals surface area contributed by atoms with Crippen molar-refractivity contribution in [3.05, 3.63) is 70.4 Å². The monoisotopic (exact) mass is 368 g/mol. The fourth-order valence-corrected chi connectivity index (χ4v) is 4.40. The summed E-state index contributed by atoms with van der Waals surface area (Å²) in [6.45, 7) is 8.88. The Bertz CT molecular complexity index is 798. The molecule has 1 aliphatic heterocycles. The van der Waals surface area contributed by atoms with E-state index in [9.17, 15) is 9.59 Å².